The zero-order chi connectivity index (χ0) is 13.8. The average Bonchev–Trinajstić information content (AvgIpc) is 2.46. The third-order valence-electron chi connectivity index (χ3n) is 2.86. The minimum absolute atomic E-state index is 0.150. The Balaban J connectivity index is 2.81. The van der Waals surface area contributed by atoms with Gasteiger partial charge in [-0.15, -0.1) is 0 Å². The fraction of sp³-hybridized carbons (Fsp3) is 0.214. The van der Waals surface area contributed by atoms with Crippen LogP contribution in [0.15, 0.2) is 18.3 Å². The van der Waals surface area contributed by atoms with E-state index in [1.807, 2.05) is 0 Å². The summed E-state index contributed by atoms with van der Waals surface area (Å²) in [5.41, 5.74) is 1.74. The van der Waals surface area contributed by atoms with E-state index < -0.39 is 0 Å². The molecule has 0 spiro atoms. The first-order valence-corrected chi connectivity index (χ1v) is 5.55. The summed E-state index contributed by atoms with van der Waals surface area (Å²) in [6.45, 7) is 0. The van der Waals surface area contributed by atoms with Crippen molar-refractivity contribution in [2.75, 3.05) is 14.2 Å². The molecule has 0 N–H and O–H groups in total. The molecule has 0 atom stereocenters. The first-order chi connectivity index (χ1) is 9.24. The zero-order valence-corrected chi connectivity index (χ0v) is 10.6. The highest BCUT2D eigenvalue weighted by Gasteiger charge is 2.13. The Bertz CT molecular complexity index is 711. The molecule has 1 aromatic carbocycles. The maximum atomic E-state index is 9.08. The number of pyridine rings is 1. The lowest BCUT2D eigenvalue weighted by Gasteiger charge is -2.11. The Morgan fingerprint density at radius 3 is 2.42 bits per heavy atom. The Morgan fingerprint density at radius 1 is 1.16 bits per heavy atom. The van der Waals surface area contributed by atoms with Crippen molar-refractivity contribution in [3.05, 3.63) is 29.5 Å². The maximum absolute atomic E-state index is 9.08. The molecule has 0 saturated carbocycles. The minimum atomic E-state index is 0.150. The van der Waals surface area contributed by atoms with E-state index in [1.165, 1.54) is 13.3 Å². The van der Waals surface area contributed by atoms with Crippen LogP contribution in [-0.2, 0) is 6.42 Å². The summed E-state index contributed by atoms with van der Waals surface area (Å²) in [6.07, 6.45) is 1.62. The van der Waals surface area contributed by atoms with Gasteiger partial charge in [0.05, 0.1) is 37.8 Å². The summed E-state index contributed by atoms with van der Waals surface area (Å²) >= 11 is 0. The van der Waals surface area contributed by atoms with Crippen LogP contribution in [0.3, 0.4) is 0 Å². The third kappa shape index (κ3) is 2.14. The Kier molecular flexibility index (Phi) is 3.49. The second-order valence-electron chi connectivity index (χ2n) is 3.82. The van der Waals surface area contributed by atoms with E-state index in [4.69, 9.17) is 20.0 Å². The van der Waals surface area contributed by atoms with E-state index in [0.29, 0.717) is 28.1 Å². The summed E-state index contributed by atoms with van der Waals surface area (Å²) in [4.78, 5) is 4.21. The first kappa shape index (κ1) is 12.7. The van der Waals surface area contributed by atoms with Crippen LogP contribution in [0, 0.1) is 22.7 Å². The highest BCUT2D eigenvalue weighted by atomic mass is 16.5. The molecule has 5 heteroatoms. The summed E-state index contributed by atoms with van der Waals surface area (Å²) in [5.74, 6) is 1.11. The van der Waals surface area contributed by atoms with Crippen LogP contribution in [0.5, 0.6) is 11.5 Å². The molecule has 0 aliphatic carbocycles. The number of fused-ring (bicyclic) bond motifs is 1. The summed E-state index contributed by atoms with van der Waals surface area (Å²) in [5, 5.41) is 18.7. The summed E-state index contributed by atoms with van der Waals surface area (Å²) in [6, 6.07) is 7.60. The zero-order valence-electron chi connectivity index (χ0n) is 10.6. The van der Waals surface area contributed by atoms with Gasteiger partial charge in [-0.1, -0.05) is 0 Å². The molecule has 0 amide bonds. The van der Waals surface area contributed by atoms with Crippen LogP contribution >= 0.6 is 0 Å². The number of ether oxygens (including phenoxy) is 2. The minimum Gasteiger partial charge on any atom is -0.493 e. The Hall–Kier alpha value is -2.79. The van der Waals surface area contributed by atoms with Gasteiger partial charge in [0.1, 0.15) is 6.07 Å². The van der Waals surface area contributed by atoms with Gasteiger partial charge in [-0.05, 0) is 11.6 Å². The highest BCUT2D eigenvalue weighted by molar-refractivity contribution is 5.87. The lowest BCUT2D eigenvalue weighted by atomic mass is 10.0. The molecule has 94 valence electrons. The SMILES string of the molecule is COc1cc2ncc(C#N)c(CC#N)c2cc1OC. The molecule has 2 aromatic rings. The van der Waals surface area contributed by atoms with Crippen LogP contribution in [0.4, 0.5) is 0 Å². The van der Waals surface area contributed by atoms with Gasteiger partial charge in [0.15, 0.2) is 11.5 Å². The molecule has 0 saturated heterocycles. The number of nitrogens with zero attached hydrogens (tertiary/aromatic N) is 3. The van der Waals surface area contributed by atoms with Crippen LogP contribution in [0.1, 0.15) is 11.1 Å². The molecule has 0 radical (unpaired) electrons. The van der Waals surface area contributed by atoms with Crippen molar-refractivity contribution >= 4 is 10.9 Å². The van der Waals surface area contributed by atoms with Crippen molar-refractivity contribution in [1.29, 1.82) is 10.5 Å². The van der Waals surface area contributed by atoms with Crippen molar-refractivity contribution in [2.24, 2.45) is 0 Å². The van der Waals surface area contributed by atoms with E-state index >= 15 is 0 Å². The quantitative estimate of drug-likeness (QED) is 0.837. The fourth-order valence-electron chi connectivity index (χ4n) is 1.94. The molecule has 0 aliphatic heterocycles. The third-order valence-corrected chi connectivity index (χ3v) is 2.86. The molecule has 0 unspecified atom stereocenters. The van der Waals surface area contributed by atoms with Gasteiger partial charge in [-0.3, -0.25) is 4.98 Å². The molecule has 1 heterocycles. The molecule has 0 aliphatic rings. The van der Waals surface area contributed by atoms with Gasteiger partial charge < -0.3 is 9.47 Å². The molecule has 0 bridgehead atoms. The lowest BCUT2D eigenvalue weighted by Crippen LogP contribution is -1.96. The van der Waals surface area contributed by atoms with Gasteiger partial charge in [0, 0.05) is 17.6 Å². The topological polar surface area (TPSA) is 78.9 Å². The molecule has 0 fully saturated rings. The number of benzene rings is 1. The van der Waals surface area contributed by atoms with Gasteiger partial charge in [-0.25, -0.2) is 0 Å². The van der Waals surface area contributed by atoms with Crippen molar-refractivity contribution in [1.82, 2.24) is 4.98 Å². The van der Waals surface area contributed by atoms with Gasteiger partial charge in [0.2, 0.25) is 0 Å². The van der Waals surface area contributed by atoms with E-state index in [0.717, 1.165) is 5.39 Å². The normalized spacial score (nSPS) is 9.68. The van der Waals surface area contributed by atoms with Gasteiger partial charge in [-0.2, -0.15) is 10.5 Å². The van der Waals surface area contributed by atoms with Crippen LogP contribution in [0.25, 0.3) is 10.9 Å². The van der Waals surface area contributed by atoms with E-state index in [2.05, 4.69) is 17.1 Å². The van der Waals surface area contributed by atoms with Crippen molar-refractivity contribution in [3.63, 3.8) is 0 Å². The number of hydrogen-bond acceptors (Lipinski definition) is 5. The molecular weight excluding hydrogens is 242 g/mol. The van der Waals surface area contributed by atoms with Gasteiger partial charge >= 0.3 is 0 Å². The first-order valence-electron chi connectivity index (χ1n) is 5.55. The predicted octanol–water partition coefficient (Wildman–Crippen LogP) is 2.19. The maximum Gasteiger partial charge on any atom is 0.162 e. The fourth-order valence-corrected chi connectivity index (χ4v) is 1.94. The van der Waals surface area contributed by atoms with Crippen LogP contribution in [-0.4, -0.2) is 19.2 Å². The Morgan fingerprint density at radius 2 is 1.84 bits per heavy atom. The molecule has 19 heavy (non-hydrogen) atoms. The lowest BCUT2D eigenvalue weighted by molar-refractivity contribution is 0.356. The standard InChI is InChI=1S/C14H11N3O2/c1-18-13-5-11-10(3-4-15)9(7-16)8-17-12(11)6-14(13)19-2/h5-6,8H,3H2,1-2H3. The van der Waals surface area contributed by atoms with Crippen molar-refractivity contribution in [2.45, 2.75) is 6.42 Å². The number of aromatic nitrogens is 1. The largest absolute Gasteiger partial charge is 0.493 e. The summed E-state index contributed by atoms with van der Waals surface area (Å²) < 4.78 is 10.4. The van der Waals surface area contributed by atoms with Gasteiger partial charge in [0.25, 0.3) is 0 Å². The van der Waals surface area contributed by atoms with Crippen LogP contribution < -0.4 is 9.47 Å². The molecule has 5 nitrogen and oxygen atoms in total. The smallest absolute Gasteiger partial charge is 0.162 e. The number of nitriles is 2. The monoisotopic (exact) mass is 253 g/mol. The molecular formula is C14H11N3O2. The van der Waals surface area contributed by atoms with Crippen LogP contribution in [0.2, 0.25) is 0 Å². The summed E-state index contributed by atoms with van der Waals surface area (Å²) in [7, 11) is 3.08. The van der Waals surface area contributed by atoms with Crippen molar-refractivity contribution < 1.29 is 9.47 Å². The molecule has 1 aromatic heterocycles. The average molecular weight is 253 g/mol. The number of methoxy groups -OCH3 is 2. The van der Waals surface area contributed by atoms with E-state index in [9.17, 15) is 0 Å². The predicted molar refractivity (Wildman–Crippen MR) is 68.9 cm³/mol. The van der Waals surface area contributed by atoms with Crippen molar-refractivity contribution in [3.8, 4) is 23.6 Å². The second-order valence-corrected chi connectivity index (χ2v) is 3.82. The number of hydrogen-bond donors (Lipinski definition) is 0. The number of rotatable bonds is 3. The Labute approximate surface area is 110 Å². The van der Waals surface area contributed by atoms with E-state index in [-0.39, 0.29) is 6.42 Å². The molecule has 2 rings (SSSR count). The van der Waals surface area contributed by atoms with E-state index in [1.54, 1.807) is 19.2 Å². The highest BCUT2D eigenvalue weighted by Crippen LogP contribution is 2.33. The second kappa shape index (κ2) is 5.24.